The molecule has 0 bridgehead atoms. The lowest BCUT2D eigenvalue weighted by molar-refractivity contribution is -0.121. The van der Waals surface area contributed by atoms with Crippen molar-refractivity contribution in [2.24, 2.45) is 0 Å². The largest absolute Gasteiger partial charge is 0.350 e. The number of hydrogen-bond acceptors (Lipinski definition) is 1. The van der Waals surface area contributed by atoms with Crippen molar-refractivity contribution < 1.29 is 9.18 Å². The van der Waals surface area contributed by atoms with E-state index < -0.39 is 0 Å². The molecule has 0 heterocycles. The van der Waals surface area contributed by atoms with Crippen LogP contribution in [0, 0.1) is 5.82 Å². The van der Waals surface area contributed by atoms with E-state index in [9.17, 15) is 9.18 Å². The molecule has 2 aromatic carbocycles. The number of benzene rings is 2. The first-order valence-corrected chi connectivity index (χ1v) is 7.22. The Morgan fingerprint density at radius 1 is 1.19 bits per heavy atom. The molecule has 2 nitrogen and oxygen atoms in total. The molecular formula is C17H17ClFNO. The third-order valence-electron chi connectivity index (χ3n) is 3.33. The van der Waals surface area contributed by atoms with Crippen molar-refractivity contribution in [3.05, 3.63) is 70.5 Å². The Morgan fingerprint density at radius 3 is 2.52 bits per heavy atom. The lowest BCUT2D eigenvalue weighted by atomic mass is 10.1. The molecular weight excluding hydrogens is 289 g/mol. The second-order valence-electron chi connectivity index (χ2n) is 4.93. The van der Waals surface area contributed by atoms with Crippen molar-refractivity contribution in [3.63, 3.8) is 0 Å². The van der Waals surface area contributed by atoms with E-state index in [-0.39, 0.29) is 24.2 Å². The van der Waals surface area contributed by atoms with E-state index in [0.29, 0.717) is 17.0 Å². The van der Waals surface area contributed by atoms with E-state index in [1.807, 2.05) is 19.1 Å². The minimum atomic E-state index is -0.268. The van der Waals surface area contributed by atoms with Gasteiger partial charge in [-0.15, -0.1) is 0 Å². The van der Waals surface area contributed by atoms with Crippen LogP contribution in [0.5, 0.6) is 0 Å². The van der Waals surface area contributed by atoms with Crippen LogP contribution in [0.1, 0.15) is 30.5 Å². The standard InChI is InChI=1S/C17H17ClFNO/c1-12(13-6-9-15(18)10-7-13)20-17(21)11-8-14-4-2-3-5-16(14)19/h2-7,9-10,12H,8,11H2,1H3,(H,20,21). The zero-order chi connectivity index (χ0) is 15.2. The minimum Gasteiger partial charge on any atom is -0.350 e. The van der Waals surface area contributed by atoms with Crippen LogP contribution in [0.3, 0.4) is 0 Å². The molecule has 4 heteroatoms. The third-order valence-corrected chi connectivity index (χ3v) is 3.58. The molecule has 0 aliphatic rings. The van der Waals surface area contributed by atoms with Crippen LogP contribution in [-0.2, 0) is 11.2 Å². The molecule has 2 aromatic rings. The van der Waals surface area contributed by atoms with E-state index in [2.05, 4.69) is 5.32 Å². The minimum absolute atomic E-state index is 0.0966. The Hall–Kier alpha value is -1.87. The lowest BCUT2D eigenvalue weighted by Crippen LogP contribution is -2.26. The van der Waals surface area contributed by atoms with Crippen LogP contribution in [0.2, 0.25) is 5.02 Å². The average molecular weight is 306 g/mol. The van der Waals surface area contributed by atoms with Crippen molar-refractivity contribution in [1.82, 2.24) is 5.32 Å². The van der Waals surface area contributed by atoms with Crippen LogP contribution in [-0.4, -0.2) is 5.91 Å². The van der Waals surface area contributed by atoms with E-state index in [0.717, 1.165) is 5.56 Å². The summed E-state index contributed by atoms with van der Waals surface area (Å²) >= 11 is 5.83. The molecule has 0 aliphatic carbocycles. The van der Waals surface area contributed by atoms with Crippen LogP contribution in [0.15, 0.2) is 48.5 Å². The molecule has 0 spiro atoms. The van der Waals surface area contributed by atoms with Gasteiger partial charge in [0.2, 0.25) is 5.91 Å². The fourth-order valence-corrected chi connectivity index (χ4v) is 2.22. The lowest BCUT2D eigenvalue weighted by Gasteiger charge is -2.14. The van der Waals surface area contributed by atoms with E-state index >= 15 is 0 Å². The number of carbonyl (C=O) groups excluding carboxylic acids is 1. The maximum atomic E-state index is 13.5. The number of carbonyl (C=O) groups is 1. The predicted molar refractivity (Wildman–Crippen MR) is 82.7 cm³/mol. The highest BCUT2D eigenvalue weighted by atomic mass is 35.5. The summed E-state index contributed by atoms with van der Waals surface area (Å²) in [4.78, 5) is 11.9. The number of aryl methyl sites for hydroxylation is 1. The number of amides is 1. The summed E-state index contributed by atoms with van der Waals surface area (Å²) < 4.78 is 13.5. The molecule has 0 saturated carbocycles. The van der Waals surface area contributed by atoms with Gasteiger partial charge in [-0.3, -0.25) is 4.79 Å². The smallest absolute Gasteiger partial charge is 0.220 e. The summed E-state index contributed by atoms with van der Waals surface area (Å²) in [6.07, 6.45) is 0.657. The monoisotopic (exact) mass is 305 g/mol. The zero-order valence-electron chi connectivity index (χ0n) is 11.8. The summed E-state index contributed by atoms with van der Waals surface area (Å²) in [5, 5.41) is 3.56. The zero-order valence-corrected chi connectivity index (χ0v) is 12.5. The fourth-order valence-electron chi connectivity index (χ4n) is 2.10. The van der Waals surface area contributed by atoms with Crippen molar-refractivity contribution in [2.75, 3.05) is 0 Å². The summed E-state index contributed by atoms with van der Waals surface area (Å²) in [5.74, 6) is -0.364. The van der Waals surface area contributed by atoms with E-state index in [4.69, 9.17) is 11.6 Å². The highest BCUT2D eigenvalue weighted by molar-refractivity contribution is 6.30. The molecule has 0 aliphatic heterocycles. The van der Waals surface area contributed by atoms with Gasteiger partial charge in [0.25, 0.3) is 0 Å². The van der Waals surface area contributed by atoms with Gasteiger partial charge in [-0.25, -0.2) is 4.39 Å². The van der Waals surface area contributed by atoms with Gasteiger partial charge in [0, 0.05) is 11.4 Å². The molecule has 1 amide bonds. The van der Waals surface area contributed by atoms with E-state index in [1.165, 1.54) is 6.07 Å². The van der Waals surface area contributed by atoms with Gasteiger partial charge in [-0.2, -0.15) is 0 Å². The Balaban J connectivity index is 1.87. The Labute approximate surface area is 128 Å². The van der Waals surface area contributed by atoms with Gasteiger partial charge in [-0.05, 0) is 42.7 Å². The van der Waals surface area contributed by atoms with Gasteiger partial charge in [0.05, 0.1) is 6.04 Å². The SMILES string of the molecule is CC(NC(=O)CCc1ccccc1F)c1ccc(Cl)cc1. The second-order valence-corrected chi connectivity index (χ2v) is 5.37. The summed E-state index contributed by atoms with van der Waals surface area (Å²) in [6, 6.07) is 13.8. The quantitative estimate of drug-likeness (QED) is 0.877. The first-order chi connectivity index (χ1) is 10.1. The van der Waals surface area contributed by atoms with Crippen molar-refractivity contribution in [1.29, 1.82) is 0 Å². The van der Waals surface area contributed by atoms with Crippen LogP contribution >= 0.6 is 11.6 Å². The van der Waals surface area contributed by atoms with Crippen molar-refractivity contribution >= 4 is 17.5 Å². The number of halogens is 2. The molecule has 1 N–H and O–H groups in total. The fraction of sp³-hybridized carbons (Fsp3) is 0.235. The summed E-state index contributed by atoms with van der Waals surface area (Å²) in [7, 11) is 0. The maximum Gasteiger partial charge on any atom is 0.220 e. The van der Waals surface area contributed by atoms with Crippen molar-refractivity contribution in [3.8, 4) is 0 Å². The predicted octanol–water partition coefficient (Wildman–Crippen LogP) is 4.29. The van der Waals surface area contributed by atoms with Crippen molar-refractivity contribution in [2.45, 2.75) is 25.8 Å². The van der Waals surface area contributed by atoms with Crippen LogP contribution < -0.4 is 5.32 Å². The molecule has 0 fully saturated rings. The number of hydrogen-bond donors (Lipinski definition) is 1. The first kappa shape index (κ1) is 15.5. The highest BCUT2D eigenvalue weighted by Gasteiger charge is 2.10. The topological polar surface area (TPSA) is 29.1 Å². The highest BCUT2D eigenvalue weighted by Crippen LogP contribution is 2.16. The van der Waals surface area contributed by atoms with Crippen LogP contribution in [0.4, 0.5) is 4.39 Å². The Bertz CT molecular complexity index is 612. The Kier molecular flexibility index (Phi) is 5.34. The molecule has 0 aromatic heterocycles. The van der Waals surface area contributed by atoms with E-state index in [1.54, 1.807) is 30.3 Å². The molecule has 0 radical (unpaired) electrons. The van der Waals surface area contributed by atoms with Gasteiger partial charge >= 0.3 is 0 Å². The molecule has 0 saturated heterocycles. The first-order valence-electron chi connectivity index (χ1n) is 6.84. The third kappa shape index (κ3) is 4.57. The summed E-state index contributed by atoms with van der Waals surface area (Å²) in [6.45, 7) is 1.91. The summed E-state index contributed by atoms with van der Waals surface area (Å²) in [5.41, 5.74) is 1.55. The number of nitrogens with one attached hydrogen (secondary N) is 1. The number of rotatable bonds is 5. The molecule has 1 atom stereocenters. The normalized spacial score (nSPS) is 12.0. The molecule has 110 valence electrons. The van der Waals surface area contributed by atoms with Gasteiger partial charge < -0.3 is 5.32 Å². The van der Waals surface area contributed by atoms with Gasteiger partial charge in [-0.1, -0.05) is 41.9 Å². The average Bonchev–Trinajstić information content (AvgIpc) is 2.47. The maximum absolute atomic E-state index is 13.5. The molecule has 2 rings (SSSR count). The second kappa shape index (κ2) is 7.23. The van der Waals surface area contributed by atoms with Crippen LogP contribution in [0.25, 0.3) is 0 Å². The van der Waals surface area contributed by atoms with Gasteiger partial charge in [0.15, 0.2) is 0 Å². The Morgan fingerprint density at radius 2 is 1.86 bits per heavy atom. The molecule has 21 heavy (non-hydrogen) atoms. The van der Waals surface area contributed by atoms with Gasteiger partial charge in [0.1, 0.15) is 5.82 Å². The molecule has 1 unspecified atom stereocenters.